The van der Waals surface area contributed by atoms with E-state index in [0.717, 1.165) is 18.7 Å². The Morgan fingerprint density at radius 3 is 2.95 bits per heavy atom. The number of halogens is 1. The molecule has 3 N–H and O–H groups in total. The average Bonchev–Trinajstić information content (AvgIpc) is 2.92. The Kier molecular flexibility index (Phi) is 3.95. The van der Waals surface area contributed by atoms with E-state index >= 15 is 0 Å². The zero-order chi connectivity index (χ0) is 15.9. The van der Waals surface area contributed by atoms with Crippen LogP contribution in [-0.4, -0.2) is 31.8 Å². The minimum Gasteiger partial charge on any atom is -0.495 e. The van der Waals surface area contributed by atoms with Crippen LogP contribution in [0, 0.1) is 11.3 Å². The third kappa shape index (κ3) is 2.52. The summed E-state index contributed by atoms with van der Waals surface area (Å²) in [7, 11) is 1.59. The molecule has 2 aliphatic rings. The molecule has 2 fully saturated rings. The van der Waals surface area contributed by atoms with Gasteiger partial charge in [-0.15, -0.1) is 0 Å². The van der Waals surface area contributed by atoms with Crippen molar-refractivity contribution in [1.29, 1.82) is 0 Å². The Morgan fingerprint density at radius 1 is 1.50 bits per heavy atom. The van der Waals surface area contributed by atoms with Crippen molar-refractivity contribution >= 4 is 23.2 Å². The zero-order valence-corrected chi connectivity index (χ0v) is 13.9. The topological polar surface area (TPSA) is 68.9 Å². The maximum atomic E-state index is 6.11. The summed E-state index contributed by atoms with van der Waals surface area (Å²) in [5.74, 6) is 1.52. The molecule has 1 saturated carbocycles. The lowest BCUT2D eigenvalue weighted by Crippen LogP contribution is -2.59. The molecule has 3 rings (SSSR count). The van der Waals surface area contributed by atoms with Gasteiger partial charge in [-0.2, -0.15) is 0 Å². The number of benzene rings is 1. The molecule has 1 aliphatic carbocycles. The van der Waals surface area contributed by atoms with Crippen LogP contribution in [0.4, 0.5) is 5.69 Å². The summed E-state index contributed by atoms with van der Waals surface area (Å²) in [6.45, 7) is 5.20. The number of nitrogens with two attached hydrogens (primary N) is 1. The average molecular weight is 324 g/mol. The monoisotopic (exact) mass is 323 g/mol. The normalized spacial score (nSPS) is 29.6. The molecule has 6 heteroatoms. The van der Waals surface area contributed by atoms with Gasteiger partial charge in [0.05, 0.1) is 24.3 Å². The molecule has 120 valence electrons. The van der Waals surface area contributed by atoms with Crippen molar-refractivity contribution in [2.24, 2.45) is 22.1 Å². The van der Waals surface area contributed by atoms with E-state index in [1.165, 1.54) is 0 Å². The van der Waals surface area contributed by atoms with Crippen LogP contribution in [-0.2, 0) is 4.74 Å². The standard InChI is InChI=1S/C16H22ClN3O2/c1-16(2)13(10-6-7-22-14(10)16)20-15(18)19-9-4-5-12(21-3)11(17)8-9/h4-5,8,10,13-14H,6-7H2,1-3H3,(H3,18,19,20). The fraction of sp³-hybridized carbons (Fsp3) is 0.562. The van der Waals surface area contributed by atoms with Crippen molar-refractivity contribution in [3.63, 3.8) is 0 Å². The van der Waals surface area contributed by atoms with Gasteiger partial charge in [-0.1, -0.05) is 25.4 Å². The van der Waals surface area contributed by atoms with Crippen LogP contribution in [0.3, 0.4) is 0 Å². The molecule has 0 radical (unpaired) electrons. The summed E-state index contributed by atoms with van der Waals surface area (Å²) in [6.07, 6.45) is 1.37. The van der Waals surface area contributed by atoms with E-state index in [0.29, 0.717) is 28.8 Å². The highest BCUT2D eigenvalue weighted by atomic mass is 35.5. The van der Waals surface area contributed by atoms with Gasteiger partial charge in [-0.25, -0.2) is 4.99 Å². The molecule has 1 heterocycles. The van der Waals surface area contributed by atoms with Gasteiger partial charge in [0.15, 0.2) is 5.96 Å². The fourth-order valence-electron chi connectivity index (χ4n) is 3.63. The highest BCUT2D eigenvalue weighted by Crippen LogP contribution is 2.53. The van der Waals surface area contributed by atoms with Gasteiger partial charge in [-0.05, 0) is 24.6 Å². The Hall–Kier alpha value is -1.46. The summed E-state index contributed by atoms with van der Waals surface area (Å²) in [6, 6.07) is 5.63. The number of aliphatic imine (C=N–C) groups is 1. The molecular weight excluding hydrogens is 302 g/mol. The lowest BCUT2D eigenvalue weighted by Gasteiger charge is -2.52. The number of hydrogen-bond donors (Lipinski definition) is 2. The van der Waals surface area contributed by atoms with Crippen molar-refractivity contribution in [1.82, 2.24) is 0 Å². The number of anilines is 1. The Balaban J connectivity index is 1.71. The van der Waals surface area contributed by atoms with Gasteiger partial charge in [0.1, 0.15) is 5.75 Å². The molecule has 5 nitrogen and oxygen atoms in total. The zero-order valence-electron chi connectivity index (χ0n) is 13.1. The van der Waals surface area contributed by atoms with E-state index in [1.54, 1.807) is 19.2 Å². The summed E-state index contributed by atoms with van der Waals surface area (Å²) in [5, 5.41) is 3.63. The second kappa shape index (κ2) is 5.63. The van der Waals surface area contributed by atoms with Crippen LogP contribution >= 0.6 is 11.6 Å². The Labute approximate surface area is 135 Å². The largest absolute Gasteiger partial charge is 0.495 e. The first-order chi connectivity index (χ1) is 10.4. The molecular formula is C16H22ClN3O2. The SMILES string of the molecule is COc1ccc(NC(N)=NC2C3CCOC3C2(C)C)cc1Cl. The van der Waals surface area contributed by atoms with Gasteiger partial charge in [0, 0.05) is 23.6 Å². The molecule has 0 spiro atoms. The first-order valence-corrected chi connectivity index (χ1v) is 7.86. The number of hydrogen-bond acceptors (Lipinski definition) is 3. The third-order valence-electron chi connectivity index (χ3n) is 4.74. The second-order valence-corrected chi connectivity index (χ2v) is 6.91. The van der Waals surface area contributed by atoms with E-state index in [-0.39, 0.29) is 11.5 Å². The fourth-order valence-corrected chi connectivity index (χ4v) is 3.89. The lowest BCUT2D eigenvalue weighted by molar-refractivity contribution is -0.0985. The minimum atomic E-state index is 0.0328. The quantitative estimate of drug-likeness (QED) is 0.663. The van der Waals surface area contributed by atoms with Crippen LogP contribution in [0.2, 0.25) is 5.02 Å². The third-order valence-corrected chi connectivity index (χ3v) is 5.04. The van der Waals surface area contributed by atoms with Crippen molar-refractivity contribution < 1.29 is 9.47 Å². The van der Waals surface area contributed by atoms with E-state index in [1.807, 2.05) is 6.07 Å². The molecule has 3 atom stereocenters. The van der Waals surface area contributed by atoms with Gasteiger partial charge in [0.2, 0.25) is 0 Å². The summed E-state index contributed by atoms with van der Waals surface area (Å²) < 4.78 is 10.9. The predicted octanol–water partition coefficient (Wildman–Crippen LogP) is 2.89. The first-order valence-electron chi connectivity index (χ1n) is 7.49. The Morgan fingerprint density at radius 2 is 2.27 bits per heavy atom. The van der Waals surface area contributed by atoms with Crippen LogP contribution < -0.4 is 15.8 Å². The molecule has 0 aromatic heterocycles. The van der Waals surface area contributed by atoms with Crippen LogP contribution in [0.15, 0.2) is 23.2 Å². The van der Waals surface area contributed by atoms with Crippen LogP contribution in [0.1, 0.15) is 20.3 Å². The molecule has 3 unspecified atom stereocenters. The second-order valence-electron chi connectivity index (χ2n) is 6.50. The molecule has 1 saturated heterocycles. The molecule has 22 heavy (non-hydrogen) atoms. The maximum Gasteiger partial charge on any atom is 0.193 e. The van der Waals surface area contributed by atoms with Crippen LogP contribution in [0.25, 0.3) is 0 Å². The number of ether oxygens (including phenoxy) is 2. The lowest BCUT2D eigenvalue weighted by atomic mass is 9.57. The van der Waals surface area contributed by atoms with Crippen molar-refractivity contribution in [3.05, 3.63) is 23.2 Å². The highest BCUT2D eigenvalue weighted by Gasteiger charge is 2.59. The predicted molar refractivity (Wildman–Crippen MR) is 88.7 cm³/mol. The van der Waals surface area contributed by atoms with E-state index < -0.39 is 0 Å². The first kappa shape index (κ1) is 15.4. The van der Waals surface area contributed by atoms with E-state index in [4.69, 9.17) is 26.8 Å². The highest BCUT2D eigenvalue weighted by molar-refractivity contribution is 6.32. The van der Waals surface area contributed by atoms with Crippen molar-refractivity contribution in [2.45, 2.75) is 32.4 Å². The van der Waals surface area contributed by atoms with Gasteiger partial charge in [0.25, 0.3) is 0 Å². The molecule has 1 aromatic carbocycles. The minimum absolute atomic E-state index is 0.0328. The number of nitrogens with one attached hydrogen (secondary N) is 1. The number of fused-ring (bicyclic) bond motifs is 1. The van der Waals surface area contributed by atoms with Gasteiger partial charge in [-0.3, -0.25) is 0 Å². The van der Waals surface area contributed by atoms with Crippen molar-refractivity contribution in [2.75, 3.05) is 19.0 Å². The van der Waals surface area contributed by atoms with E-state index in [2.05, 4.69) is 24.2 Å². The van der Waals surface area contributed by atoms with Gasteiger partial charge >= 0.3 is 0 Å². The maximum absolute atomic E-state index is 6.11. The molecule has 0 bridgehead atoms. The Bertz CT molecular complexity index is 603. The van der Waals surface area contributed by atoms with Crippen LogP contribution in [0.5, 0.6) is 5.75 Å². The number of methoxy groups -OCH3 is 1. The van der Waals surface area contributed by atoms with E-state index in [9.17, 15) is 0 Å². The molecule has 0 amide bonds. The molecule has 1 aromatic rings. The number of rotatable bonds is 3. The number of nitrogens with zero attached hydrogens (tertiary/aromatic N) is 1. The van der Waals surface area contributed by atoms with Crippen molar-refractivity contribution in [3.8, 4) is 5.75 Å². The molecule has 1 aliphatic heterocycles. The number of guanidine groups is 1. The summed E-state index contributed by atoms with van der Waals surface area (Å²) in [4.78, 5) is 4.67. The smallest absolute Gasteiger partial charge is 0.193 e. The summed E-state index contributed by atoms with van der Waals surface area (Å²) >= 11 is 6.11. The summed E-state index contributed by atoms with van der Waals surface area (Å²) in [5.41, 5.74) is 6.89. The van der Waals surface area contributed by atoms with Gasteiger partial charge < -0.3 is 20.5 Å².